The average Bonchev–Trinajstić information content (AvgIpc) is 3.01. The van der Waals surface area contributed by atoms with E-state index in [0.717, 1.165) is 34.1 Å². The van der Waals surface area contributed by atoms with Gasteiger partial charge in [-0.3, -0.25) is 4.79 Å². The number of fused-ring (bicyclic) bond motifs is 1. The van der Waals surface area contributed by atoms with Crippen molar-refractivity contribution in [3.05, 3.63) is 82.4 Å². The van der Waals surface area contributed by atoms with E-state index in [1.165, 1.54) is 10.6 Å². The molecule has 0 bridgehead atoms. The number of benzene rings is 2. The van der Waals surface area contributed by atoms with Crippen LogP contribution in [0.2, 0.25) is 0 Å². The lowest BCUT2D eigenvalue weighted by molar-refractivity contribution is -0.117. The average molecular weight is 410 g/mol. The second kappa shape index (κ2) is 7.74. The van der Waals surface area contributed by atoms with Crippen LogP contribution in [0.4, 0.5) is 26.0 Å². The van der Waals surface area contributed by atoms with Crippen molar-refractivity contribution in [2.45, 2.75) is 13.5 Å². The second-order valence-corrected chi connectivity index (χ2v) is 6.59. The zero-order valence-electron chi connectivity index (χ0n) is 15.8. The summed E-state index contributed by atoms with van der Waals surface area (Å²) in [5.74, 6) is -1.67. The number of aryl methyl sites for hydroxylation is 1. The molecule has 0 aliphatic rings. The van der Waals surface area contributed by atoms with Crippen LogP contribution in [-0.4, -0.2) is 25.1 Å². The van der Waals surface area contributed by atoms with Gasteiger partial charge in [0.25, 0.3) is 5.78 Å². The molecule has 1 amide bonds. The lowest BCUT2D eigenvalue weighted by atomic mass is 10.2. The fourth-order valence-corrected chi connectivity index (χ4v) is 2.78. The van der Waals surface area contributed by atoms with Gasteiger partial charge in [-0.15, -0.1) is 5.10 Å². The molecule has 0 fully saturated rings. The van der Waals surface area contributed by atoms with E-state index < -0.39 is 29.8 Å². The molecule has 152 valence electrons. The zero-order valence-corrected chi connectivity index (χ0v) is 15.8. The van der Waals surface area contributed by atoms with Crippen molar-refractivity contribution in [3.8, 4) is 0 Å². The van der Waals surface area contributed by atoms with E-state index >= 15 is 0 Å². The van der Waals surface area contributed by atoms with Crippen LogP contribution in [0.1, 0.15) is 5.56 Å². The maximum absolute atomic E-state index is 13.7. The number of carbonyl (C=O) groups excluding carboxylic acids is 1. The summed E-state index contributed by atoms with van der Waals surface area (Å²) >= 11 is 0. The van der Waals surface area contributed by atoms with E-state index in [2.05, 4.69) is 20.7 Å². The van der Waals surface area contributed by atoms with Crippen LogP contribution in [0.25, 0.3) is 5.78 Å². The highest BCUT2D eigenvalue weighted by atomic mass is 19.1. The molecule has 0 radical (unpaired) electrons. The molecule has 8 nitrogen and oxygen atoms in total. The Morgan fingerprint density at radius 3 is 2.63 bits per heavy atom. The SMILES string of the molecule is Cc1ccc(Nc2ccn3c(=O)n(CC(=O)Nc4cc(F)ccc4F)nc3n2)cc1. The highest BCUT2D eigenvalue weighted by Crippen LogP contribution is 2.16. The third-order valence-electron chi connectivity index (χ3n) is 4.27. The van der Waals surface area contributed by atoms with E-state index in [0.29, 0.717) is 5.82 Å². The number of hydrogen-bond acceptors (Lipinski definition) is 5. The van der Waals surface area contributed by atoms with Gasteiger partial charge in [-0.05, 0) is 37.3 Å². The van der Waals surface area contributed by atoms with Crippen molar-refractivity contribution in [1.29, 1.82) is 0 Å². The summed E-state index contributed by atoms with van der Waals surface area (Å²) in [6.07, 6.45) is 1.48. The summed E-state index contributed by atoms with van der Waals surface area (Å²) in [6, 6.07) is 12.0. The molecule has 2 aromatic carbocycles. The topological polar surface area (TPSA) is 93.3 Å². The number of halogens is 2. The third kappa shape index (κ3) is 4.02. The maximum atomic E-state index is 13.7. The van der Waals surface area contributed by atoms with Gasteiger partial charge in [-0.2, -0.15) is 4.98 Å². The van der Waals surface area contributed by atoms with Crippen molar-refractivity contribution in [2.75, 3.05) is 10.6 Å². The molecule has 4 rings (SSSR count). The minimum atomic E-state index is -0.791. The van der Waals surface area contributed by atoms with Crippen molar-refractivity contribution in [3.63, 3.8) is 0 Å². The maximum Gasteiger partial charge on any atom is 0.352 e. The Morgan fingerprint density at radius 1 is 1.10 bits per heavy atom. The predicted octanol–water partition coefficient (Wildman–Crippen LogP) is 2.86. The fourth-order valence-electron chi connectivity index (χ4n) is 2.78. The molecule has 30 heavy (non-hydrogen) atoms. The number of hydrogen-bond donors (Lipinski definition) is 2. The first kappa shape index (κ1) is 19.2. The van der Waals surface area contributed by atoms with Crippen LogP contribution in [0.5, 0.6) is 0 Å². The van der Waals surface area contributed by atoms with Gasteiger partial charge in [0.1, 0.15) is 24.0 Å². The molecule has 0 unspecified atom stereocenters. The van der Waals surface area contributed by atoms with Crippen LogP contribution in [0.3, 0.4) is 0 Å². The Labute approximate surface area is 168 Å². The largest absolute Gasteiger partial charge is 0.352 e. The number of nitrogens with one attached hydrogen (secondary N) is 2. The summed E-state index contributed by atoms with van der Waals surface area (Å²) in [7, 11) is 0. The number of aromatic nitrogens is 4. The lowest BCUT2D eigenvalue weighted by Gasteiger charge is -2.05. The zero-order chi connectivity index (χ0) is 21.3. The Hall–Kier alpha value is -4.08. The summed E-state index contributed by atoms with van der Waals surface area (Å²) in [6.45, 7) is 1.49. The molecule has 0 saturated carbocycles. The monoisotopic (exact) mass is 410 g/mol. The highest BCUT2D eigenvalue weighted by molar-refractivity contribution is 5.90. The normalized spacial score (nSPS) is 10.9. The van der Waals surface area contributed by atoms with Crippen molar-refractivity contribution in [1.82, 2.24) is 19.2 Å². The van der Waals surface area contributed by atoms with Gasteiger partial charge < -0.3 is 10.6 Å². The molecule has 0 spiro atoms. The van der Waals surface area contributed by atoms with Crippen LogP contribution >= 0.6 is 0 Å². The summed E-state index contributed by atoms with van der Waals surface area (Å²) in [5, 5.41) is 9.37. The van der Waals surface area contributed by atoms with Gasteiger partial charge in [0.2, 0.25) is 5.91 Å². The second-order valence-electron chi connectivity index (χ2n) is 6.59. The van der Waals surface area contributed by atoms with Crippen LogP contribution in [0.15, 0.2) is 59.5 Å². The van der Waals surface area contributed by atoms with E-state index in [1.54, 1.807) is 6.07 Å². The first-order valence-corrected chi connectivity index (χ1v) is 8.94. The minimum Gasteiger partial charge on any atom is -0.340 e. The molecule has 2 aromatic heterocycles. The molecule has 2 N–H and O–H groups in total. The van der Waals surface area contributed by atoms with Gasteiger partial charge in [0.15, 0.2) is 0 Å². The summed E-state index contributed by atoms with van der Waals surface area (Å²) < 4.78 is 29.0. The number of nitrogens with zero attached hydrogens (tertiary/aromatic N) is 4. The third-order valence-corrected chi connectivity index (χ3v) is 4.27. The first-order valence-electron chi connectivity index (χ1n) is 8.94. The van der Waals surface area contributed by atoms with Crippen molar-refractivity contribution in [2.24, 2.45) is 0 Å². The Bertz CT molecular complexity index is 1300. The summed E-state index contributed by atoms with van der Waals surface area (Å²) in [5.41, 5.74) is 1.02. The molecule has 0 aliphatic carbocycles. The minimum absolute atomic E-state index is 0.0850. The molecule has 10 heteroatoms. The van der Waals surface area contributed by atoms with Crippen LogP contribution < -0.4 is 16.3 Å². The van der Waals surface area contributed by atoms with E-state index in [1.807, 2.05) is 31.2 Å². The summed E-state index contributed by atoms with van der Waals surface area (Å²) in [4.78, 5) is 28.9. The molecular weight excluding hydrogens is 394 g/mol. The standard InChI is InChI=1S/C20H16F2N6O2/c1-12-2-5-14(6-3-12)23-17-8-9-27-19(25-17)26-28(20(27)30)11-18(29)24-16-10-13(21)4-7-15(16)22/h2-10H,11H2,1H3,(H,24,29)(H,23,25,26). The molecule has 0 atom stereocenters. The quantitative estimate of drug-likeness (QED) is 0.528. The predicted molar refractivity (Wildman–Crippen MR) is 107 cm³/mol. The lowest BCUT2D eigenvalue weighted by Crippen LogP contribution is -2.28. The van der Waals surface area contributed by atoms with Gasteiger partial charge in [-0.25, -0.2) is 22.7 Å². The van der Waals surface area contributed by atoms with E-state index in [-0.39, 0.29) is 11.5 Å². The Balaban J connectivity index is 1.53. The highest BCUT2D eigenvalue weighted by Gasteiger charge is 2.14. The van der Waals surface area contributed by atoms with Gasteiger partial charge in [0.05, 0.1) is 5.69 Å². The molecular formula is C20H16F2N6O2. The Kier molecular flexibility index (Phi) is 4.97. The van der Waals surface area contributed by atoms with Gasteiger partial charge in [0, 0.05) is 18.0 Å². The van der Waals surface area contributed by atoms with Gasteiger partial charge in [-0.1, -0.05) is 17.7 Å². The van der Waals surface area contributed by atoms with Crippen molar-refractivity contribution < 1.29 is 13.6 Å². The van der Waals surface area contributed by atoms with Crippen molar-refractivity contribution >= 4 is 28.9 Å². The van der Waals surface area contributed by atoms with E-state index in [4.69, 9.17) is 0 Å². The van der Waals surface area contributed by atoms with Crippen LogP contribution in [0, 0.1) is 18.6 Å². The molecule has 0 saturated heterocycles. The van der Waals surface area contributed by atoms with Crippen LogP contribution in [-0.2, 0) is 11.3 Å². The van der Waals surface area contributed by atoms with Gasteiger partial charge >= 0.3 is 5.69 Å². The fraction of sp³-hybridized carbons (Fsp3) is 0.100. The molecule has 0 aliphatic heterocycles. The smallest absolute Gasteiger partial charge is 0.340 e. The number of amides is 1. The molecule has 4 aromatic rings. The number of anilines is 3. The first-order chi connectivity index (χ1) is 14.4. The number of rotatable bonds is 5. The van der Waals surface area contributed by atoms with E-state index in [9.17, 15) is 18.4 Å². The number of carbonyl (C=O) groups is 1. The molecule has 2 heterocycles. The Morgan fingerprint density at radius 2 is 1.87 bits per heavy atom.